The topological polar surface area (TPSA) is 66.5 Å². The lowest BCUT2D eigenvalue weighted by molar-refractivity contribution is -0.139. The fourth-order valence-corrected chi connectivity index (χ4v) is 2.11. The first-order chi connectivity index (χ1) is 10.6. The molecule has 5 heteroatoms. The minimum Gasteiger partial charge on any atom is -0.323 e. The highest BCUT2D eigenvalue weighted by Gasteiger charge is 2.28. The Hall–Kier alpha value is -2.69. The summed E-state index contributed by atoms with van der Waals surface area (Å²) in [6, 6.07) is 7.10. The molecule has 0 atom stereocenters. The van der Waals surface area contributed by atoms with E-state index in [1.165, 1.54) is 11.0 Å². The molecular formula is C17H18N2O3. The van der Waals surface area contributed by atoms with E-state index in [1.54, 1.807) is 36.4 Å². The van der Waals surface area contributed by atoms with Crippen molar-refractivity contribution in [2.24, 2.45) is 0 Å². The van der Waals surface area contributed by atoms with Crippen LogP contribution in [0, 0.1) is 0 Å². The summed E-state index contributed by atoms with van der Waals surface area (Å²) in [6.45, 7) is 2.16. The predicted octanol–water partition coefficient (Wildman–Crippen LogP) is 2.41. The number of nitrogens with zero attached hydrogens (tertiary/aromatic N) is 1. The van der Waals surface area contributed by atoms with Gasteiger partial charge in [-0.25, -0.2) is 0 Å². The van der Waals surface area contributed by atoms with Crippen molar-refractivity contribution in [1.82, 2.24) is 4.90 Å². The summed E-state index contributed by atoms with van der Waals surface area (Å²) in [5, 5.41) is 2.73. The zero-order valence-electron chi connectivity index (χ0n) is 12.4. The molecule has 5 nitrogen and oxygen atoms in total. The number of allylic oxidation sites excluding steroid dienone is 3. The van der Waals surface area contributed by atoms with Crippen molar-refractivity contribution in [3.05, 3.63) is 54.1 Å². The zero-order chi connectivity index (χ0) is 15.9. The third-order valence-corrected chi connectivity index (χ3v) is 3.27. The molecule has 1 fully saturated rings. The molecule has 3 amide bonds. The van der Waals surface area contributed by atoms with Gasteiger partial charge in [-0.05, 0) is 24.6 Å². The third kappa shape index (κ3) is 4.15. The van der Waals surface area contributed by atoms with E-state index in [4.69, 9.17) is 0 Å². The van der Waals surface area contributed by atoms with Crippen LogP contribution in [0.25, 0.3) is 0 Å². The van der Waals surface area contributed by atoms with Crippen molar-refractivity contribution in [2.75, 3.05) is 5.32 Å². The van der Waals surface area contributed by atoms with Gasteiger partial charge in [-0.15, -0.1) is 0 Å². The molecular weight excluding hydrogens is 280 g/mol. The highest BCUT2D eigenvalue weighted by atomic mass is 16.2. The van der Waals surface area contributed by atoms with Crippen molar-refractivity contribution in [2.45, 2.75) is 26.3 Å². The van der Waals surface area contributed by atoms with Crippen LogP contribution in [0.4, 0.5) is 5.69 Å². The molecule has 0 bridgehead atoms. The first-order valence-electron chi connectivity index (χ1n) is 7.12. The van der Waals surface area contributed by atoms with Gasteiger partial charge < -0.3 is 5.32 Å². The molecule has 1 aromatic carbocycles. The van der Waals surface area contributed by atoms with Crippen molar-refractivity contribution >= 4 is 23.4 Å². The average molecular weight is 298 g/mol. The number of imide groups is 1. The van der Waals surface area contributed by atoms with Gasteiger partial charge in [0.05, 0.1) is 6.54 Å². The van der Waals surface area contributed by atoms with Crippen LogP contribution in [0.1, 0.15) is 25.3 Å². The van der Waals surface area contributed by atoms with Gasteiger partial charge in [0.2, 0.25) is 17.7 Å². The van der Waals surface area contributed by atoms with Crippen LogP contribution < -0.4 is 5.32 Å². The lowest BCUT2D eigenvalue weighted by atomic mass is 10.2. The van der Waals surface area contributed by atoms with Crippen molar-refractivity contribution < 1.29 is 14.4 Å². The fraction of sp³-hybridized carbons (Fsp3) is 0.235. The highest BCUT2D eigenvalue weighted by molar-refractivity contribution is 6.02. The van der Waals surface area contributed by atoms with Crippen molar-refractivity contribution in [3.8, 4) is 0 Å². The molecule has 0 unspecified atom stereocenters. The van der Waals surface area contributed by atoms with E-state index in [-0.39, 0.29) is 24.3 Å². The molecule has 0 aromatic heterocycles. The number of amides is 3. The second-order valence-electron chi connectivity index (χ2n) is 4.94. The SMILES string of the molecule is CC=CC=CC(=O)Nc1ccc(CN2C(=O)CCC2=O)cc1. The van der Waals surface area contributed by atoms with Gasteiger partial charge in [0.1, 0.15) is 0 Å². The van der Waals surface area contributed by atoms with Gasteiger partial charge in [-0.3, -0.25) is 19.3 Å². The first-order valence-corrected chi connectivity index (χ1v) is 7.12. The van der Waals surface area contributed by atoms with E-state index >= 15 is 0 Å². The van der Waals surface area contributed by atoms with E-state index in [2.05, 4.69) is 5.32 Å². The van der Waals surface area contributed by atoms with Crippen LogP contribution in [0.5, 0.6) is 0 Å². The van der Waals surface area contributed by atoms with Gasteiger partial charge in [-0.2, -0.15) is 0 Å². The number of benzene rings is 1. The van der Waals surface area contributed by atoms with Gasteiger partial charge in [0.15, 0.2) is 0 Å². The smallest absolute Gasteiger partial charge is 0.248 e. The molecule has 1 saturated heterocycles. The van der Waals surface area contributed by atoms with Gasteiger partial charge in [0.25, 0.3) is 0 Å². The van der Waals surface area contributed by atoms with E-state index in [1.807, 2.05) is 13.0 Å². The maximum Gasteiger partial charge on any atom is 0.248 e. The molecule has 2 rings (SSSR count). The maximum atomic E-state index is 11.6. The number of hydrogen-bond acceptors (Lipinski definition) is 3. The summed E-state index contributed by atoms with van der Waals surface area (Å²) < 4.78 is 0. The highest BCUT2D eigenvalue weighted by Crippen LogP contribution is 2.17. The van der Waals surface area contributed by atoms with Crippen LogP contribution in [0.2, 0.25) is 0 Å². The Morgan fingerprint density at radius 2 is 1.77 bits per heavy atom. The molecule has 0 aliphatic carbocycles. The standard InChI is InChI=1S/C17H18N2O3/c1-2-3-4-5-15(20)18-14-8-6-13(7-9-14)12-19-16(21)10-11-17(19)22/h2-9H,10-12H2,1H3,(H,18,20). The van der Waals surface area contributed by atoms with Crippen LogP contribution in [0.3, 0.4) is 0 Å². The average Bonchev–Trinajstić information content (AvgIpc) is 2.81. The van der Waals surface area contributed by atoms with Crippen LogP contribution in [-0.2, 0) is 20.9 Å². The summed E-state index contributed by atoms with van der Waals surface area (Å²) in [6.07, 6.45) is 7.30. The molecule has 1 aliphatic rings. The zero-order valence-corrected chi connectivity index (χ0v) is 12.4. The van der Waals surface area contributed by atoms with E-state index in [9.17, 15) is 14.4 Å². The lowest BCUT2D eigenvalue weighted by Gasteiger charge is -2.14. The Morgan fingerprint density at radius 3 is 2.36 bits per heavy atom. The second kappa shape index (κ2) is 7.36. The first kappa shape index (κ1) is 15.7. The van der Waals surface area contributed by atoms with E-state index in [0.29, 0.717) is 18.5 Å². The molecule has 114 valence electrons. The molecule has 0 saturated carbocycles. The Balaban J connectivity index is 1.94. The predicted molar refractivity (Wildman–Crippen MR) is 83.8 cm³/mol. The molecule has 22 heavy (non-hydrogen) atoms. The fourth-order valence-electron chi connectivity index (χ4n) is 2.11. The summed E-state index contributed by atoms with van der Waals surface area (Å²) >= 11 is 0. The monoisotopic (exact) mass is 298 g/mol. The summed E-state index contributed by atoms with van der Waals surface area (Å²) in [4.78, 5) is 36.0. The Kier molecular flexibility index (Phi) is 5.25. The quantitative estimate of drug-likeness (QED) is 0.516. The Morgan fingerprint density at radius 1 is 1.14 bits per heavy atom. The summed E-state index contributed by atoms with van der Waals surface area (Å²) in [5.74, 6) is -0.469. The second-order valence-corrected chi connectivity index (χ2v) is 4.94. The molecule has 0 spiro atoms. The summed E-state index contributed by atoms with van der Waals surface area (Å²) in [7, 11) is 0. The van der Waals surface area contributed by atoms with Crippen molar-refractivity contribution in [3.63, 3.8) is 0 Å². The third-order valence-electron chi connectivity index (χ3n) is 3.27. The number of hydrogen-bond donors (Lipinski definition) is 1. The Bertz CT molecular complexity index is 614. The normalized spacial score (nSPS) is 15.2. The van der Waals surface area contributed by atoms with Crippen LogP contribution >= 0.6 is 0 Å². The van der Waals surface area contributed by atoms with Crippen molar-refractivity contribution in [1.29, 1.82) is 0 Å². The molecule has 0 radical (unpaired) electrons. The minimum atomic E-state index is -0.212. The summed E-state index contributed by atoms with van der Waals surface area (Å²) in [5.41, 5.74) is 1.52. The Labute approximate surface area is 129 Å². The molecule has 1 aromatic rings. The largest absolute Gasteiger partial charge is 0.323 e. The van der Waals surface area contributed by atoms with E-state index in [0.717, 1.165) is 5.56 Å². The van der Waals surface area contributed by atoms with Gasteiger partial charge >= 0.3 is 0 Å². The number of carbonyl (C=O) groups excluding carboxylic acids is 3. The lowest BCUT2D eigenvalue weighted by Crippen LogP contribution is -2.28. The maximum absolute atomic E-state index is 11.6. The van der Waals surface area contributed by atoms with Gasteiger partial charge in [0, 0.05) is 24.6 Å². The van der Waals surface area contributed by atoms with E-state index < -0.39 is 0 Å². The molecule has 1 N–H and O–H groups in total. The van der Waals surface area contributed by atoms with Gasteiger partial charge in [-0.1, -0.05) is 30.4 Å². The number of likely N-dealkylation sites (tertiary alicyclic amines) is 1. The van der Waals surface area contributed by atoms with Crippen LogP contribution in [0.15, 0.2) is 48.6 Å². The minimum absolute atomic E-state index is 0.128. The number of anilines is 1. The number of carbonyl (C=O) groups is 3. The van der Waals surface area contributed by atoms with Crippen LogP contribution in [-0.4, -0.2) is 22.6 Å². The molecule has 1 heterocycles. The molecule has 1 aliphatic heterocycles. The number of nitrogens with one attached hydrogen (secondary N) is 1. The number of rotatable bonds is 5.